The molecule has 32 heavy (non-hydrogen) atoms. The lowest BCUT2D eigenvalue weighted by molar-refractivity contribution is 0.290. The maximum absolute atomic E-state index is 5.86. The van der Waals surface area contributed by atoms with Crippen molar-refractivity contribution < 1.29 is 9.47 Å². The lowest BCUT2D eigenvalue weighted by Crippen LogP contribution is -2.00. The van der Waals surface area contributed by atoms with Gasteiger partial charge in [0.15, 0.2) is 0 Å². The maximum atomic E-state index is 5.86. The lowest BCUT2D eigenvalue weighted by Gasteiger charge is -2.08. The van der Waals surface area contributed by atoms with E-state index in [1.54, 1.807) is 0 Å². The third-order valence-corrected chi connectivity index (χ3v) is 5.80. The SMILES string of the molecule is CCCCCCCCCCOc1ccc(-c2ccc(OCCCCCCCC)cc2)nn1. The standard InChI is InChI=1S/C28H44N2O2/c1-3-5-7-9-11-12-14-16-24-32-28-22-21-27(29-30-28)25-17-19-26(20-18-25)31-23-15-13-10-8-6-4-2/h17-22H,3-16,23-24H2,1-2H3. The second-order valence-corrected chi connectivity index (χ2v) is 8.72. The minimum Gasteiger partial charge on any atom is -0.494 e. The molecule has 0 amide bonds. The van der Waals surface area contributed by atoms with Gasteiger partial charge < -0.3 is 9.47 Å². The summed E-state index contributed by atoms with van der Waals surface area (Å²) in [5.74, 6) is 1.52. The molecule has 4 nitrogen and oxygen atoms in total. The van der Waals surface area contributed by atoms with E-state index in [0.29, 0.717) is 12.5 Å². The van der Waals surface area contributed by atoms with E-state index in [9.17, 15) is 0 Å². The zero-order valence-corrected chi connectivity index (χ0v) is 20.5. The fourth-order valence-corrected chi connectivity index (χ4v) is 3.76. The molecule has 0 spiro atoms. The lowest BCUT2D eigenvalue weighted by atomic mass is 10.1. The molecule has 0 unspecified atom stereocenters. The molecule has 0 saturated carbocycles. The molecule has 0 saturated heterocycles. The number of ether oxygens (including phenoxy) is 2. The average Bonchev–Trinajstić information content (AvgIpc) is 2.83. The molecule has 0 aliphatic carbocycles. The summed E-state index contributed by atoms with van der Waals surface area (Å²) in [4.78, 5) is 0. The second kappa shape index (κ2) is 17.5. The van der Waals surface area contributed by atoms with Gasteiger partial charge >= 0.3 is 0 Å². The number of hydrogen-bond acceptors (Lipinski definition) is 4. The number of aromatic nitrogens is 2. The predicted molar refractivity (Wildman–Crippen MR) is 134 cm³/mol. The largest absolute Gasteiger partial charge is 0.494 e. The van der Waals surface area contributed by atoms with Gasteiger partial charge in [-0.1, -0.05) is 90.9 Å². The smallest absolute Gasteiger partial charge is 0.233 e. The number of unbranched alkanes of at least 4 members (excludes halogenated alkanes) is 12. The van der Waals surface area contributed by atoms with Gasteiger partial charge in [0.2, 0.25) is 5.88 Å². The Labute approximate surface area is 196 Å². The van der Waals surface area contributed by atoms with Gasteiger partial charge in [0.25, 0.3) is 0 Å². The molecule has 1 aromatic carbocycles. The first kappa shape index (κ1) is 26.2. The Morgan fingerprint density at radius 2 is 1.06 bits per heavy atom. The van der Waals surface area contributed by atoms with Crippen LogP contribution in [0.3, 0.4) is 0 Å². The third kappa shape index (κ3) is 11.5. The van der Waals surface area contributed by atoms with E-state index in [4.69, 9.17) is 9.47 Å². The van der Waals surface area contributed by atoms with E-state index in [0.717, 1.165) is 36.5 Å². The monoisotopic (exact) mass is 440 g/mol. The third-order valence-electron chi connectivity index (χ3n) is 5.80. The molecule has 1 heterocycles. The Morgan fingerprint density at radius 1 is 0.531 bits per heavy atom. The number of nitrogens with zero attached hydrogens (tertiary/aromatic N) is 2. The van der Waals surface area contributed by atoms with E-state index in [1.165, 1.54) is 77.0 Å². The van der Waals surface area contributed by atoms with Gasteiger partial charge in [0.1, 0.15) is 5.75 Å². The van der Waals surface area contributed by atoms with Gasteiger partial charge in [0, 0.05) is 11.6 Å². The van der Waals surface area contributed by atoms with Crippen molar-refractivity contribution in [2.24, 2.45) is 0 Å². The molecule has 0 fully saturated rings. The Morgan fingerprint density at radius 3 is 1.59 bits per heavy atom. The van der Waals surface area contributed by atoms with Crippen LogP contribution in [-0.2, 0) is 0 Å². The van der Waals surface area contributed by atoms with Crippen LogP contribution in [0.25, 0.3) is 11.3 Å². The van der Waals surface area contributed by atoms with Crippen molar-refractivity contribution in [1.82, 2.24) is 10.2 Å². The first-order chi connectivity index (χ1) is 15.8. The molecule has 0 N–H and O–H groups in total. The van der Waals surface area contributed by atoms with E-state index < -0.39 is 0 Å². The summed E-state index contributed by atoms with van der Waals surface area (Å²) in [6.45, 7) is 6.01. The van der Waals surface area contributed by atoms with Crippen LogP contribution < -0.4 is 9.47 Å². The van der Waals surface area contributed by atoms with Crippen LogP contribution in [0, 0.1) is 0 Å². The van der Waals surface area contributed by atoms with Gasteiger partial charge in [-0.3, -0.25) is 0 Å². The van der Waals surface area contributed by atoms with Crippen LogP contribution in [0.4, 0.5) is 0 Å². The second-order valence-electron chi connectivity index (χ2n) is 8.72. The molecule has 178 valence electrons. The quantitative estimate of drug-likeness (QED) is 0.206. The van der Waals surface area contributed by atoms with Crippen LogP contribution in [0.2, 0.25) is 0 Å². The van der Waals surface area contributed by atoms with Crippen molar-refractivity contribution in [3.05, 3.63) is 36.4 Å². The zero-order valence-electron chi connectivity index (χ0n) is 20.5. The summed E-state index contributed by atoms with van der Waals surface area (Å²) in [6, 6.07) is 12.0. The van der Waals surface area contributed by atoms with Crippen molar-refractivity contribution in [2.75, 3.05) is 13.2 Å². The van der Waals surface area contributed by atoms with Crippen LogP contribution in [0.15, 0.2) is 36.4 Å². The summed E-state index contributed by atoms with van der Waals surface area (Å²) in [6.07, 6.45) is 18.1. The fraction of sp³-hybridized carbons (Fsp3) is 0.643. The van der Waals surface area contributed by atoms with E-state index in [1.807, 2.05) is 36.4 Å². The van der Waals surface area contributed by atoms with E-state index in [-0.39, 0.29) is 0 Å². The minimum atomic E-state index is 0.607. The normalized spacial score (nSPS) is 10.9. The summed E-state index contributed by atoms with van der Waals surface area (Å²) < 4.78 is 11.6. The van der Waals surface area contributed by atoms with Crippen molar-refractivity contribution in [1.29, 1.82) is 0 Å². The molecule has 2 rings (SSSR count). The maximum Gasteiger partial charge on any atom is 0.233 e. The summed E-state index contributed by atoms with van der Waals surface area (Å²) in [7, 11) is 0. The molecule has 2 aromatic rings. The van der Waals surface area contributed by atoms with Crippen LogP contribution in [0.1, 0.15) is 104 Å². The Hall–Kier alpha value is -2.10. The molecule has 1 aromatic heterocycles. The molecule has 0 aliphatic rings. The predicted octanol–water partition coefficient (Wildman–Crippen LogP) is 8.40. The molecular formula is C28H44N2O2. The van der Waals surface area contributed by atoms with Gasteiger partial charge in [-0.25, -0.2) is 0 Å². The van der Waals surface area contributed by atoms with Crippen molar-refractivity contribution >= 4 is 0 Å². The van der Waals surface area contributed by atoms with Crippen LogP contribution >= 0.6 is 0 Å². The first-order valence-corrected chi connectivity index (χ1v) is 13.0. The number of hydrogen-bond donors (Lipinski definition) is 0. The fourth-order valence-electron chi connectivity index (χ4n) is 3.76. The Balaban J connectivity index is 1.60. The van der Waals surface area contributed by atoms with Crippen molar-refractivity contribution in [3.8, 4) is 22.9 Å². The van der Waals surface area contributed by atoms with Gasteiger partial charge in [-0.2, -0.15) is 0 Å². The zero-order chi connectivity index (χ0) is 22.7. The summed E-state index contributed by atoms with van der Waals surface area (Å²) >= 11 is 0. The van der Waals surface area contributed by atoms with Crippen LogP contribution in [0.5, 0.6) is 11.6 Å². The van der Waals surface area contributed by atoms with E-state index in [2.05, 4.69) is 24.0 Å². The molecule has 4 heteroatoms. The van der Waals surface area contributed by atoms with Crippen molar-refractivity contribution in [2.45, 2.75) is 104 Å². The first-order valence-electron chi connectivity index (χ1n) is 13.0. The highest BCUT2D eigenvalue weighted by atomic mass is 16.5. The highest BCUT2D eigenvalue weighted by Crippen LogP contribution is 2.22. The number of benzene rings is 1. The minimum absolute atomic E-state index is 0.607. The Bertz CT molecular complexity index is 686. The summed E-state index contributed by atoms with van der Waals surface area (Å²) in [5.41, 5.74) is 1.89. The topological polar surface area (TPSA) is 44.2 Å². The highest BCUT2D eigenvalue weighted by molar-refractivity contribution is 5.59. The Kier molecular flexibility index (Phi) is 14.3. The summed E-state index contributed by atoms with van der Waals surface area (Å²) in [5, 5.41) is 8.56. The molecule has 0 radical (unpaired) electrons. The van der Waals surface area contributed by atoms with Gasteiger partial charge in [-0.05, 0) is 43.2 Å². The van der Waals surface area contributed by atoms with Gasteiger partial charge in [-0.15, -0.1) is 10.2 Å². The van der Waals surface area contributed by atoms with Crippen LogP contribution in [-0.4, -0.2) is 23.4 Å². The molecule has 0 bridgehead atoms. The molecule has 0 aliphatic heterocycles. The average molecular weight is 441 g/mol. The molecular weight excluding hydrogens is 396 g/mol. The highest BCUT2D eigenvalue weighted by Gasteiger charge is 2.03. The number of rotatable bonds is 19. The van der Waals surface area contributed by atoms with Crippen molar-refractivity contribution in [3.63, 3.8) is 0 Å². The van der Waals surface area contributed by atoms with Gasteiger partial charge in [0.05, 0.1) is 18.9 Å². The van der Waals surface area contributed by atoms with E-state index >= 15 is 0 Å². The molecule has 0 atom stereocenters.